The van der Waals surface area contributed by atoms with Gasteiger partial charge >= 0.3 is 0 Å². The van der Waals surface area contributed by atoms with Gasteiger partial charge < -0.3 is 10.5 Å². The van der Waals surface area contributed by atoms with E-state index in [-0.39, 0.29) is 6.04 Å². The highest BCUT2D eigenvalue weighted by molar-refractivity contribution is 5.35. The molecule has 2 atom stereocenters. The molecule has 2 nitrogen and oxygen atoms in total. The third kappa shape index (κ3) is 1.68. The van der Waals surface area contributed by atoms with E-state index in [1.165, 1.54) is 11.1 Å². The highest BCUT2D eigenvalue weighted by atomic mass is 16.5. The van der Waals surface area contributed by atoms with E-state index in [1.54, 1.807) is 7.11 Å². The second-order valence-corrected chi connectivity index (χ2v) is 3.97. The molecule has 0 amide bonds. The van der Waals surface area contributed by atoms with E-state index in [0.717, 1.165) is 19.4 Å². The van der Waals surface area contributed by atoms with Crippen molar-refractivity contribution in [2.45, 2.75) is 18.9 Å². The van der Waals surface area contributed by atoms with Gasteiger partial charge in [-0.25, -0.2) is 0 Å². The van der Waals surface area contributed by atoms with Crippen LogP contribution < -0.4 is 5.73 Å². The summed E-state index contributed by atoms with van der Waals surface area (Å²) < 4.78 is 5.10. The Morgan fingerprint density at radius 2 is 2.21 bits per heavy atom. The number of hydrogen-bond donors (Lipinski definition) is 1. The fourth-order valence-corrected chi connectivity index (χ4v) is 2.26. The molecular weight excluding hydrogens is 174 g/mol. The molecule has 0 aromatic heterocycles. The highest BCUT2D eigenvalue weighted by Crippen LogP contribution is 2.35. The average molecular weight is 191 g/mol. The number of hydrogen-bond acceptors (Lipinski definition) is 2. The van der Waals surface area contributed by atoms with Gasteiger partial charge in [0.05, 0.1) is 0 Å². The van der Waals surface area contributed by atoms with Gasteiger partial charge in [-0.05, 0) is 29.9 Å². The maximum Gasteiger partial charge on any atom is 0.0465 e. The van der Waals surface area contributed by atoms with Crippen molar-refractivity contribution >= 4 is 0 Å². The van der Waals surface area contributed by atoms with Gasteiger partial charge in [0.1, 0.15) is 0 Å². The average Bonchev–Trinajstić information content (AvgIpc) is 2.54. The minimum absolute atomic E-state index is 0.210. The zero-order valence-electron chi connectivity index (χ0n) is 8.57. The van der Waals surface area contributed by atoms with Crippen LogP contribution in [0.2, 0.25) is 0 Å². The van der Waals surface area contributed by atoms with Crippen molar-refractivity contribution in [2.75, 3.05) is 13.7 Å². The topological polar surface area (TPSA) is 35.2 Å². The second kappa shape index (κ2) is 4.11. The van der Waals surface area contributed by atoms with Crippen molar-refractivity contribution in [2.24, 2.45) is 11.7 Å². The van der Waals surface area contributed by atoms with Crippen LogP contribution in [0.4, 0.5) is 0 Å². The fourth-order valence-electron chi connectivity index (χ4n) is 2.26. The summed E-state index contributed by atoms with van der Waals surface area (Å²) in [6.07, 6.45) is 2.17. The molecule has 0 radical (unpaired) electrons. The van der Waals surface area contributed by atoms with E-state index in [4.69, 9.17) is 10.5 Å². The first-order valence-corrected chi connectivity index (χ1v) is 5.15. The standard InChI is InChI=1S/C12H17NO/c1-14-7-6-10-8-9-4-2-3-5-11(9)12(10)13/h2-5,10,12H,6-8,13H2,1H3. The molecule has 0 spiro atoms. The number of ether oxygens (including phenoxy) is 1. The molecule has 0 saturated carbocycles. The first kappa shape index (κ1) is 9.69. The van der Waals surface area contributed by atoms with E-state index >= 15 is 0 Å². The molecule has 2 rings (SSSR count). The molecule has 0 aliphatic heterocycles. The minimum atomic E-state index is 0.210. The Morgan fingerprint density at radius 3 is 2.93 bits per heavy atom. The number of benzene rings is 1. The monoisotopic (exact) mass is 191 g/mol. The summed E-state index contributed by atoms with van der Waals surface area (Å²) in [5, 5.41) is 0. The molecule has 1 aromatic carbocycles. The third-order valence-electron chi connectivity index (χ3n) is 3.10. The lowest BCUT2D eigenvalue weighted by molar-refractivity contribution is 0.173. The maximum atomic E-state index is 6.18. The maximum absolute atomic E-state index is 6.18. The number of methoxy groups -OCH3 is 1. The Hall–Kier alpha value is -0.860. The molecule has 0 bridgehead atoms. The minimum Gasteiger partial charge on any atom is -0.385 e. The van der Waals surface area contributed by atoms with Gasteiger partial charge in [0.25, 0.3) is 0 Å². The van der Waals surface area contributed by atoms with E-state index in [1.807, 2.05) is 0 Å². The van der Waals surface area contributed by atoms with Gasteiger partial charge in [-0.2, -0.15) is 0 Å². The van der Waals surface area contributed by atoms with Gasteiger partial charge in [-0.3, -0.25) is 0 Å². The molecule has 1 aromatic rings. The van der Waals surface area contributed by atoms with E-state index in [0.29, 0.717) is 5.92 Å². The van der Waals surface area contributed by atoms with Crippen molar-refractivity contribution in [3.63, 3.8) is 0 Å². The van der Waals surface area contributed by atoms with Crippen LogP contribution in [0.3, 0.4) is 0 Å². The Labute approximate surface area is 85.1 Å². The van der Waals surface area contributed by atoms with E-state index < -0.39 is 0 Å². The molecule has 0 saturated heterocycles. The fraction of sp³-hybridized carbons (Fsp3) is 0.500. The summed E-state index contributed by atoms with van der Waals surface area (Å²) in [6, 6.07) is 8.69. The molecular formula is C12H17NO. The zero-order chi connectivity index (χ0) is 9.97. The van der Waals surface area contributed by atoms with Crippen LogP contribution in [0.5, 0.6) is 0 Å². The lowest BCUT2D eigenvalue weighted by atomic mass is 9.98. The van der Waals surface area contributed by atoms with Gasteiger partial charge in [0, 0.05) is 19.8 Å². The van der Waals surface area contributed by atoms with Crippen LogP contribution in [-0.2, 0) is 11.2 Å². The Balaban J connectivity index is 2.09. The van der Waals surface area contributed by atoms with Crippen molar-refractivity contribution < 1.29 is 4.74 Å². The quantitative estimate of drug-likeness (QED) is 0.792. The largest absolute Gasteiger partial charge is 0.385 e. The smallest absolute Gasteiger partial charge is 0.0465 e. The van der Waals surface area contributed by atoms with Gasteiger partial charge in [-0.15, -0.1) is 0 Å². The van der Waals surface area contributed by atoms with Crippen molar-refractivity contribution in [3.05, 3.63) is 35.4 Å². The lowest BCUT2D eigenvalue weighted by Crippen LogP contribution is -2.18. The van der Waals surface area contributed by atoms with E-state index in [9.17, 15) is 0 Å². The summed E-state index contributed by atoms with van der Waals surface area (Å²) in [6.45, 7) is 0.812. The molecule has 1 aliphatic rings. The van der Waals surface area contributed by atoms with Crippen molar-refractivity contribution in [3.8, 4) is 0 Å². The number of fused-ring (bicyclic) bond motifs is 1. The zero-order valence-corrected chi connectivity index (χ0v) is 8.57. The van der Waals surface area contributed by atoms with Crippen LogP contribution in [0, 0.1) is 5.92 Å². The third-order valence-corrected chi connectivity index (χ3v) is 3.10. The van der Waals surface area contributed by atoms with Crippen molar-refractivity contribution in [1.29, 1.82) is 0 Å². The molecule has 2 unspecified atom stereocenters. The molecule has 0 fully saturated rings. The first-order valence-electron chi connectivity index (χ1n) is 5.15. The van der Waals surface area contributed by atoms with Crippen LogP contribution in [0.25, 0.3) is 0 Å². The first-order chi connectivity index (χ1) is 6.83. The molecule has 2 heteroatoms. The lowest BCUT2D eigenvalue weighted by Gasteiger charge is -2.14. The van der Waals surface area contributed by atoms with Crippen LogP contribution in [0.15, 0.2) is 24.3 Å². The Morgan fingerprint density at radius 1 is 1.43 bits per heavy atom. The molecule has 0 heterocycles. The second-order valence-electron chi connectivity index (χ2n) is 3.97. The molecule has 76 valence electrons. The van der Waals surface area contributed by atoms with Crippen LogP contribution in [-0.4, -0.2) is 13.7 Å². The normalized spacial score (nSPS) is 25.0. The summed E-state index contributed by atoms with van der Waals surface area (Å²) in [7, 11) is 1.74. The Bertz CT molecular complexity index is 311. The van der Waals surface area contributed by atoms with Crippen molar-refractivity contribution in [1.82, 2.24) is 0 Å². The van der Waals surface area contributed by atoms with Crippen LogP contribution >= 0.6 is 0 Å². The summed E-state index contributed by atoms with van der Waals surface area (Å²) in [5.74, 6) is 0.562. The van der Waals surface area contributed by atoms with Crippen LogP contribution in [0.1, 0.15) is 23.6 Å². The van der Waals surface area contributed by atoms with Gasteiger partial charge in [0.15, 0.2) is 0 Å². The van der Waals surface area contributed by atoms with E-state index in [2.05, 4.69) is 24.3 Å². The van der Waals surface area contributed by atoms with Gasteiger partial charge in [-0.1, -0.05) is 24.3 Å². The predicted octanol–water partition coefficient (Wildman–Crippen LogP) is 1.90. The Kier molecular flexibility index (Phi) is 2.85. The molecule has 14 heavy (non-hydrogen) atoms. The number of rotatable bonds is 3. The summed E-state index contributed by atoms with van der Waals surface area (Å²) in [4.78, 5) is 0. The summed E-state index contributed by atoms with van der Waals surface area (Å²) >= 11 is 0. The number of nitrogens with two attached hydrogens (primary N) is 1. The SMILES string of the molecule is COCCC1Cc2ccccc2C1N. The molecule has 2 N–H and O–H groups in total. The van der Waals surface area contributed by atoms with Gasteiger partial charge in [0.2, 0.25) is 0 Å². The molecule has 1 aliphatic carbocycles. The predicted molar refractivity (Wildman–Crippen MR) is 57.1 cm³/mol. The highest BCUT2D eigenvalue weighted by Gasteiger charge is 2.28. The summed E-state index contributed by atoms with van der Waals surface area (Å²) in [5.41, 5.74) is 8.92.